The van der Waals surface area contributed by atoms with E-state index in [9.17, 15) is 13.5 Å². The maximum absolute atomic E-state index is 13.0. The summed E-state index contributed by atoms with van der Waals surface area (Å²) in [4.78, 5) is 2.06. The van der Waals surface area contributed by atoms with Crippen LogP contribution < -0.4 is 14.4 Å². The third-order valence-corrected chi connectivity index (χ3v) is 6.57. The van der Waals surface area contributed by atoms with Crippen LogP contribution in [0.5, 0.6) is 11.5 Å². The highest BCUT2D eigenvalue weighted by molar-refractivity contribution is 7.89. The Labute approximate surface area is 171 Å². The van der Waals surface area contributed by atoms with Gasteiger partial charge in [0.25, 0.3) is 0 Å². The number of aliphatic hydroxyl groups excluding tert-OH is 1. The summed E-state index contributed by atoms with van der Waals surface area (Å²) in [6.45, 7) is 2.80. The van der Waals surface area contributed by atoms with Crippen molar-refractivity contribution in [1.82, 2.24) is 4.31 Å². The third kappa shape index (κ3) is 4.82. The van der Waals surface area contributed by atoms with Gasteiger partial charge in [-0.15, -0.1) is 5.92 Å². The van der Waals surface area contributed by atoms with Gasteiger partial charge in [-0.3, -0.25) is 0 Å². The Balaban J connectivity index is 1.68. The van der Waals surface area contributed by atoms with Gasteiger partial charge >= 0.3 is 0 Å². The standard InChI is InChI=1S/C21H24N2O5S/c1-3-4-15-28-19-9-11-20(12-10-19)29(25,26)23-14-13-22(16-21(23)24)17-5-7-18(27-2)8-6-17/h5-12,21,24H,13-16H2,1-2H3. The van der Waals surface area contributed by atoms with Crippen LogP contribution in [0.2, 0.25) is 0 Å². The molecule has 1 atom stereocenters. The molecular formula is C21H24N2O5S. The van der Waals surface area contributed by atoms with Gasteiger partial charge in [0, 0.05) is 18.8 Å². The van der Waals surface area contributed by atoms with Crippen molar-refractivity contribution in [2.24, 2.45) is 0 Å². The molecule has 0 spiro atoms. The first-order valence-corrected chi connectivity index (χ1v) is 10.6. The summed E-state index contributed by atoms with van der Waals surface area (Å²) in [7, 11) is -2.22. The minimum atomic E-state index is -3.82. The maximum atomic E-state index is 13.0. The molecule has 3 rings (SSSR count). The quantitative estimate of drug-likeness (QED) is 0.725. The molecule has 1 fully saturated rings. The zero-order valence-electron chi connectivity index (χ0n) is 16.4. The highest BCUT2D eigenvalue weighted by Gasteiger charge is 2.35. The predicted molar refractivity (Wildman–Crippen MR) is 110 cm³/mol. The van der Waals surface area contributed by atoms with Crippen molar-refractivity contribution in [2.75, 3.05) is 38.3 Å². The number of aliphatic hydroxyl groups is 1. The average Bonchev–Trinajstić information content (AvgIpc) is 2.74. The van der Waals surface area contributed by atoms with E-state index in [0.29, 0.717) is 12.3 Å². The molecule has 0 amide bonds. The van der Waals surface area contributed by atoms with E-state index in [1.165, 1.54) is 12.1 Å². The molecule has 0 radical (unpaired) electrons. The van der Waals surface area contributed by atoms with Crippen molar-refractivity contribution in [3.8, 4) is 23.3 Å². The number of hydrogen-bond acceptors (Lipinski definition) is 6. The minimum absolute atomic E-state index is 0.114. The van der Waals surface area contributed by atoms with Crippen LogP contribution in [0.4, 0.5) is 5.69 Å². The van der Waals surface area contributed by atoms with E-state index >= 15 is 0 Å². The number of nitrogens with zero attached hydrogens (tertiary/aromatic N) is 2. The molecule has 2 aromatic carbocycles. The number of piperazine rings is 1. The van der Waals surface area contributed by atoms with Crippen LogP contribution >= 0.6 is 0 Å². The van der Waals surface area contributed by atoms with Crippen molar-refractivity contribution >= 4 is 15.7 Å². The summed E-state index contributed by atoms with van der Waals surface area (Å²) in [5.41, 5.74) is 0.901. The van der Waals surface area contributed by atoms with Gasteiger partial charge in [0.1, 0.15) is 24.3 Å². The lowest BCUT2D eigenvalue weighted by Crippen LogP contribution is -2.55. The number of ether oxygens (including phenoxy) is 2. The third-order valence-electron chi connectivity index (χ3n) is 4.66. The molecule has 1 N–H and O–H groups in total. The smallest absolute Gasteiger partial charge is 0.245 e. The molecule has 0 saturated carbocycles. The normalized spacial score (nSPS) is 17.3. The van der Waals surface area contributed by atoms with E-state index in [1.54, 1.807) is 26.2 Å². The molecule has 8 heteroatoms. The van der Waals surface area contributed by atoms with Gasteiger partial charge in [0.05, 0.1) is 18.6 Å². The van der Waals surface area contributed by atoms with Gasteiger partial charge in [-0.1, -0.05) is 5.92 Å². The van der Waals surface area contributed by atoms with Crippen molar-refractivity contribution in [3.63, 3.8) is 0 Å². The fourth-order valence-corrected chi connectivity index (χ4v) is 4.55. The molecule has 154 valence electrons. The van der Waals surface area contributed by atoms with Crippen molar-refractivity contribution in [1.29, 1.82) is 0 Å². The second kappa shape index (κ2) is 9.18. The monoisotopic (exact) mass is 416 g/mol. The number of benzene rings is 2. The molecule has 1 aliphatic heterocycles. The number of sulfonamides is 1. The molecule has 1 saturated heterocycles. The van der Waals surface area contributed by atoms with Crippen LogP contribution in [-0.4, -0.2) is 57.4 Å². The van der Waals surface area contributed by atoms with Crippen LogP contribution in [0.15, 0.2) is 53.4 Å². The van der Waals surface area contributed by atoms with E-state index in [1.807, 2.05) is 29.2 Å². The summed E-state index contributed by atoms with van der Waals surface area (Å²) in [6.07, 6.45) is -1.15. The Hall–Kier alpha value is -2.73. The van der Waals surface area contributed by atoms with Gasteiger partial charge in [-0.05, 0) is 55.5 Å². The first kappa shape index (κ1) is 21.0. The lowest BCUT2D eigenvalue weighted by atomic mass is 10.2. The molecule has 1 heterocycles. The maximum Gasteiger partial charge on any atom is 0.245 e. The molecule has 0 bridgehead atoms. The van der Waals surface area contributed by atoms with Crippen LogP contribution in [0, 0.1) is 11.8 Å². The van der Waals surface area contributed by atoms with Crippen molar-refractivity contribution < 1.29 is 23.0 Å². The molecule has 1 aliphatic rings. The highest BCUT2D eigenvalue weighted by Crippen LogP contribution is 2.26. The van der Waals surface area contributed by atoms with Gasteiger partial charge in [-0.25, -0.2) is 8.42 Å². The molecule has 0 aliphatic carbocycles. The lowest BCUT2D eigenvalue weighted by molar-refractivity contribution is 0.0554. The molecule has 0 aromatic heterocycles. The van der Waals surface area contributed by atoms with E-state index in [0.717, 1.165) is 15.7 Å². The van der Waals surface area contributed by atoms with Crippen LogP contribution in [0.25, 0.3) is 0 Å². The topological polar surface area (TPSA) is 79.3 Å². The molecular weight excluding hydrogens is 392 g/mol. The fourth-order valence-electron chi connectivity index (χ4n) is 3.09. The van der Waals surface area contributed by atoms with E-state index in [4.69, 9.17) is 9.47 Å². The first-order chi connectivity index (χ1) is 14.0. The van der Waals surface area contributed by atoms with Gasteiger partial charge < -0.3 is 19.5 Å². The van der Waals surface area contributed by atoms with Crippen LogP contribution in [-0.2, 0) is 10.0 Å². The number of hydrogen-bond donors (Lipinski definition) is 1. The van der Waals surface area contributed by atoms with Crippen molar-refractivity contribution in [3.05, 3.63) is 48.5 Å². The number of rotatable bonds is 6. The fraction of sp³-hybridized carbons (Fsp3) is 0.333. The average molecular weight is 416 g/mol. The van der Waals surface area contributed by atoms with Gasteiger partial charge in [-0.2, -0.15) is 4.31 Å². The summed E-state index contributed by atoms with van der Waals surface area (Å²) in [5, 5.41) is 10.5. The molecule has 7 nitrogen and oxygen atoms in total. The Morgan fingerprint density at radius 3 is 2.31 bits per heavy atom. The second-order valence-electron chi connectivity index (χ2n) is 6.43. The SMILES string of the molecule is CC#CCOc1ccc(S(=O)(=O)N2CCN(c3ccc(OC)cc3)CC2O)cc1. The second-order valence-corrected chi connectivity index (χ2v) is 8.32. The Kier molecular flexibility index (Phi) is 6.64. The molecule has 2 aromatic rings. The minimum Gasteiger partial charge on any atom is -0.497 e. The van der Waals surface area contributed by atoms with E-state index in [-0.39, 0.29) is 24.6 Å². The summed E-state index contributed by atoms with van der Waals surface area (Å²) in [5.74, 6) is 6.79. The summed E-state index contributed by atoms with van der Waals surface area (Å²) >= 11 is 0. The predicted octanol–water partition coefficient (Wildman–Crippen LogP) is 1.93. The molecule has 29 heavy (non-hydrogen) atoms. The number of methoxy groups -OCH3 is 1. The summed E-state index contributed by atoms with van der Waals surface area (Å²) < 4.78 is 37.6. The lowest BCUT2D eigenvalue weighted by Gasteiger charge is -2.39. The van der Waals surface area contributed by atoms with Crippen LogP contribution in [0.3, 0.4) is 0 Å². The summed E-state index contributed by atoms with van der Waals surface area (Å²) in [6, 6.07) is 13.6. The van der Waals surface area contributed by atoms with E-state index < -0.39 is 16.3 Å². The van der Waals surface area contributed by atoms with Crippen LogP contribution in [0.1, 0.15) is 6.92 Å². The number of anilines is 1. The molecule has 1 unspecified atom stereocenters. The first-order valence-electron chi connectivity index (χ1n) is 9.17. The largest absolute Gasteiger partial charge is 0.497 e. The highest BCUT2D eigenvalue weighted by atomic mass is 32.2. The zero-order valence-corrected chi connectivity index (χ0v) is 17.2. The Morgan fingerprint density at radius 1 is 1.07 bits per heavy atom. The van der Waals surface area contributed by atoms with E-state index in [2.05, 4.69) is 11.8 Å². The number of β-amino-alcohol motifs (C(OH)–C–C–N with tert-alkyl or cyclic N) is 1. The Bertz CT molecular complexity index is 978. The van der Waals surface area contributed by atoms with Crippen molar-refractivity contribution in [2.45, 2.75) is 18.0 Å². The van der Waals surface area contributed by atoms with Gasteiger partial charge in [0.15, 0.2) is 0 Å². The Morgan fingerprint density at radius 2 is 1.72 bits per heavy atom. The van der Waals surface area contributed by atoms with Gasteiger partial charge in [0.2, 0.25) is 10.0 Å². The zero-order chi connectivity index (χ0) is 20.9.